The van der Waals surface area contributed by atoms with Gasteiger partial charge in [0.2, 0.25) is 15.9 Å². The van der Waals surface area contributed by atoms with Gasteiger partial charge in [-0.15, -0.1) is 0 Å². The predicted molar refractivity (Wildman–Crippen MR) is 105 cm³/mol. The number of benzene rings is 1. The Hall–Kier alpha value is -1.81. The Labute approximate surface area is 170 Å². The van der Waals surface area contributed by atoms with Gasteiger partial charge in [0.05, 0.1) is 19.1 Å². The lowest BCUT2D eigenvalue weighted by Crippen LogP contribution is -2.50. The minimum Gasteiger partial charge on any atom is -0.442 e. The Morgan fingerprint density at radius 1 is 1.17 bits per heavy atom. The number of aromatic nitrogens is 1. The van der Waals surface area contributed by atoms with Crippen LogP contribution in [0.5, 0.6) is 0 Å². The summed E-state index contributed by atoms with van der Waals surface area (Å²) in [6.07, 6.45) is 4.92. The number of hydrogen-bond acceptors (Lipinski definition) is 6. The molecule has 2 aromatic rings. The van der Waals surface area contributed by atoms with Crippen molar-refractivity contribution in [3.8, 4) is 0 Å². The molecule has 0 aliphatic carbocycles. The van der Waals surface area contributed by atoms with E-state index in [1.165, 1.54) is 18.4 Å². The fraction of sp³-hybridized carbons (Fsp3) is 0.550. The van der Waals surface area contributed by atoms with Gasteiger partial charge in [-0.25, -0.2) is 22.1 Å². The second-order valence-electron chi connectivity index (χ2n) is 7.72. The van der Waals surface area contributed by atoms with Crippen LogP contribution >= 0.6 is 0 Å². The smallest absolute Gasteiger partial charge is 0.224 e. The summed E-state index contributed by atoms with van der Waals surface area (Å²) in [4.78, 5) is 6.76. The van der Waals surface area contributed by atoms with E-state index in [-0.39, 0.29) is 11.9 Å². The molecule has 7 nitrogen and oxygen atoms in total. The van der Waals surface area contributed by atoms with Crippen LogP contribution in [0.4, 0.5) is 4.39 Å². The third kappa shape index (κ3) is 5.03. The van der Waals surface area contributed by atoms with Crippen LogP contribution in [0.25, 0.3) is 0 Å². The van der Waals surface area contributed by atoms with Gasteiger partial charge in [-0.3, -0.25) is 4.90 Å². The third-order valence-electron chi connectivity index (χ3n) is 5.65. The lowest BCUT2D eigenvalue weighted by atomic mass is 10.0. The Bertz CT molecular complexity index is 923. The Kier molecular flexibility index (Phi) is 6.00. The van der Waals surface area contributed by atoms with Crippen LogP contribution in [0.1, 0.15) is 36.2 Å². The van der Waals surface area contributed by atoms with E-state index in [2.05, 4.69) is 9.88 Å². The predicted octanol–water partition coefficient (Wildman–Crippen LogP) is 2.20. The van der Waals surface area contributed by atoms with Crippen LogP contribution in [-0.4, -0.2) is 67.7 Å². The lowest BCUT2D eigenvalue weighted by molar-refractivity contribution is -0.0619. The minimum absolute atomic E-state index is 0.237. The van der Waals surface area contributed by atoms with Gasteiger partial charge in [0.1, 0.15) is 17.7 Å². The summed E-state index contributed by atoms with van der Waals surface area (Å²) >= 11 is 0. The number of sulfonamides is 1. The van der Waals surface area contributed by atoms with Gasteiger partial charge in [0, 0.05) is 38.6 Å². The molecule has 1 aromatic heterocycles. The highest BCUT2D eigenvalue weighted by atomic mass is 32.2. The molecule has 29 heavy (non-hydrogen) atoms. The van der Waals surface area contributed by atoms with E-state index in [1.54, 1.807) is 22.6 Å². The molecule has 2 fully saturated rings. The highest BCUT2D eigenvalue weighted by Gasteiger charge is 2.33. The molecule has 1 atom stereocenters. The second-order valence-corrected chi connectivity index (χ2v) is 9.70. The summed E-state index contributed by atoms with van der Waals surface area (Å²) in [6, 6.07) is 6.68. The van der Waals surface area contributed by atoms with Crippen molar-refractivity contribution in [1.29, 1.82) is 0 Å². The third-order valence-corrected chi connectivity index (χ3v) is 6.95. The minimum atomic E-state index is -3.11. The van der Waals surface area contributed by atoms with Gasteiger partial charge in [-0.1, -0.05) is 12.1 Å². The zero-order valence-corrected chi connectivity index (χ0v) is 17.3. The maximum Gasteiger partial charge on any atom is 0.224 e. The van der Waals surface area contributed by atoms with E-state index < -0.39 is 10.0 Å². The average Bonchev–Trinajstić information content (AvgIpc) is 3.18. The Balaban J connectivity index is 1.35. The quantitative estimate of drug-likeness (QED) is 0.734. The Morgan fingerprint density at radius 2 is 1.90 bits per heavy atom. The number of hydrogen-bond donors (Lipinski definition) is 0. The number of nitrogens with zero attached hydrogens (tertiary/aromatic N) is 3. The summed E-state index contributed by atoms with van der Waals surface area (Å²) in [6.45, 7) is 3.22. The van der Waals surface area contributed by atoms with Crippen LogP contribution in [0.2, 0.25) is 0 Å². The molecule has 0 radical (unpaired) electrons. The van der Waals surface area contributed by atoms with Gasteiger partial charge >= 0.3 is 0 Å². The molecule has 1 aromatic carbocycles. The summed E-state index contributed by atoms with van der Waals surface area (Å²) < 4.78 is 49.8. The van der Waals surface area contributed by atoms with Gasteiger partial charge in [0.15, 0.2) is 0 Å². The molecule has 0 amide bonds. The molecule has 4 rings (SSSR count). The summed E-state index contributed by atoms with van der Waals surface area (Å²) in [5, 5.41) is 0. The molecule has 9 heteroatoms. The highest BCUT2D eigenvalue weighted by molar-refractivity contribution is 7.88. The zero-order chi connectivity index (χ0) is 20.4. The molecule has 2 saturated heterocycles. The van der Waals surface area contributed by atoms with Crippen molar-refractivity contribution in [2.75, 3.05) is 39.0 Å². The summed E-state index contributed by atoms with van der Waals surface area (Å²) in [7, 11) is -3.11. The lowest BCUT2D eigenvalue weighted by Gasteiger charge is -2.41. The maximum atomic E-state index is 13.1. The number of ether oxygens (including phenoxy) is 1. The van der Waals surface area contributed by atoms with E-state index in [9.17, 15) is 12.8 Å². The number of piperidine rings is 1. The standard InChI is InChI=1S/C20H26FN3O4S/c1-29(25,26)24-8-6-17(7-9-24)23-10-11-27-19(14-23)20-22-13-18(28-20)12-15-2-4-16(21)5-3-15/h2-5,13,17,19H,6-12,14H2,1H3. The fourth-order valence-corrected chi connectivity index (χ4v) is 4.92. The molecular weight excluding hydrogens is 397 g/mol. The number of morpholine rings is 1. The summed E-state index contributed by atoms with van der Waals surface area (Å²) in [5.41, 5.74) is 0.956. The van der Waals surface area contributed by atoms with Crippen LogP contribution in [-0.2, 0) is 21.2 Å². The molecule has 2 aliphatic heterocycles. The molecule has 158 valence electrons. The van der Waals surface area contributed by atoms with Crippen molar-refractivity contribution >= 4 is 10.0 Å². The van der Waals surface area contributed by atoms with Gasteiger partial charge in [0.25, 0.3) is 0 Å². The largest absolute Gasteiger partial charge is 0.442 e. The monoisotopic (exact) mass is 423 g/mol. The van der Waals surface area contributed by atoms with Crippen LogP contribution in [0.3, 0.4) is 0 Å². The fourth-order valence-electron chi connectivity index (χ4n) is 4.05. The molecule has 2 aliphatic rings. The van der Waals surface area contributed by atoms with Crippen molar-refractivity contribution in [3.05, 3.63) is 53.5 Å². The first-order valence-corrected chi connectivity index (χ1v) is 11.7. The SMILES string of the molecule is CS(=O)(=O)N1CCC(N2CCOC(c3ncc(Cc4ccc(F)cc4)o3)C2)CC1. The molecule has 1 unspecified atom stereocenters. The van der Waals surface area contributed by atoms with E-state index in [1.807, 2.05) is 0 Å². The molecule has 0 N–H and O–H groups in total. The van der Waals surface area contributed by atoms with Crippen molar-refractivity contribution < 1.29 is 22.0 Å². The second kappa shape index (κ2) is 8.51. The highest BCUT2D eigenvalue weighted by Crippen LogP contribution is 2.27. The van der Waals surface area contributed by atoms with Crippen molar-refractivity contribution in [2.24, 2.45) is 0 Å². The van der Waals surface area contributed by atoms with E-state index in [0.717, 1.165) is 24.9 Å². The molecule has 0 spiro atoms. The number of oxazole rings is 1. The van der Waals surface area contributed by atoms with E-state index >= 15 is 0 Å². The van der Waals surface area contributed by atoms with Crippen LogP contribution in [0, 0.1) is 5.82 Å². The topological polar surface area (TPSA) is 75.9 Å². The Morgan fingerprint density at radius 3 is 2.59 bits per heavy atom. The first-order valence-electron chi connectivity index (χ1n) is 9.88. The molecule has 0 saturated carbocycles. The van der Waals surface area contributed by atoms with E-state index in [4.69, 9.17) is 9.15 Å². The van der Waals surface area contributed by atoms with Crippen molar-refractivity contribution in [2.45, 2.75) is 31.4 Å². The van der Waals surface area contributed by atoms with E-state index in [0.29, 0.717) is 50.4 Å². The maximum absolute atomic E-state index is 13.1. The number of halogens is 1. The summed E-state index contributed by atoms with van der Waals surface area (Å²) in [5.74, 6) is 1.01. The van der Waals surface area contributed by atoms with Crippen LogP contribution in [0.15, 0.2) is 34.9 Å². The zero-order valence-electron chi connectivity index (χ0n) is 16.5. The van der Waals surface area contributed by atoms with Crippen LogP contribution < -0.4 is 0 Å². The van der Waals surface area contributed by atoms with Crippen molar-refractivity contribution in [3.63, 3.8) is 0 Å². The van der Waals surface area contributed by atoms with Gasteiger partial charge in [-0.05, 0) is 30.5 Å². The van der Waals surface area contributed by atoms with Gasteiger partial charge < -0.3 is 9.15 Å². The average molecular weight is 424 g/mol. The number of rotatable bonds is 5. The van der Waals surface area contributed by atoms with Crippen molar-refractivity contribution in [1.82, 2.24) is 14.2 Å². The molecule has 0 bridgehead atoms. The molecule has 3 heterocycles. The first-order chi connectivity index (χ1) is 13.9. The first kappa shape index (κ1) is 20.5. The van der Waals surface area contributed by atoms with Gasteiger partial charge in [-0.2, -0.15) is 0 Å². The normalized spacial score (nSPS) is 22.8. The molecular formula is C20H26FN3O4S.